The first-order valence-electron chi connectivity index (χ1n) is 12.3. The highest BCUT2D eigenvalue weighted by molar-refractivity contribution is 6.01. The van der Waals surface area contributed by atoms with E-state index in [4.69, 9.17) is 4.74 Å². The van der Waals surface area contributed by atoms with E-state index in [0.717, 1.165) is 22.2 Å². The summed E-state index contributed by atoms with van der Waals surface area (Å²) in [4.78, 5) is 41.6. The third kappa shape index (κ3) is 5.92. The second-order valence-electron chi connectivity index (χ2n) is 9.72. The zero-order valence-corrected chi connectivity index (χ0v) is 21.1. The molecule has 0 saturated carbocycles. The summed E-state index contributed by atoms with van der Waals surface area (Å²) in [6, 6.07) is 15.1. The summed E-state index contributed by atoms with van der Waals surface area (Å²) >= 11 is 0. The molecule has 1 aromatic heterocycles. The van der Waals surface area contributed by atoms with Gasteiger partial charge in [-0.15, -0.1) is 0 Å². The highest BCUT2D eigenvalue weighted by Crippen LogP contribution is 2.35. The van der Waals surface area contributed by atoms with Crippen molar-refractivity contribution in [2.24, 2.45) is 5.92 Å². The monoisotopic (exact) mass is 501 g/mol. The average molecular weight is 502 g/mol. The molecule has 1 unspecified atom stereocenters. The van der Waals surface area contributed by atoms with Gasteiger partial charge in [-0.2, -0.15) is 5.26 Å². The lowest BCUT2D eigenvalue weighted by molar-refractivity contribution is -0.123. The third-order valence-corrected chi connectivity index (χ3v) is 6.52. The molecule has 2 aromatic carbocycles. The van der Waals surface area contributed by atoms with Crippen molar-refractivity contribution in [1.29, 1.82) is 5.26 Å². The van der Waals surface area contributed by atoms with Crippen LogP contribution in [0, 0.1) is 17.2 Å². The number of hydrogen-bond acceptors (Lipinski definition) is 5. The Balaban J connectivity index is 1.47. The maximum Gasteiger partial charge on any atom is 0.268 e. The molecule has 3 amide bonds. The lowest BCUT2D eigenvalue weighted by Gasteiger charge is -2.28. The van der Waals surface area contributed by atoms with E-state index < -0.39 is 23.9 Å². The van der Waals surface area contributed by atoms with Gasteiger partial charge in [0.05, 0.1) is 13.2 Å². The molecule has 0 saturated heterocycles. The first-order chi connectivity index (χ1) is 17.8. The minimum absolute atomic E-state index is 0.119. The van der Waals surface area contributed by atoms with Crippen LogP contribution in [0.15, 0.2) is 48.5 Å². The summed E-state index contributed by atoms with van der Waals surface area (Å²) in [5.41, 5.74) is 2.72. The Morgan fingerprint density at radius 1 is 1.16 bits per heavy atom. The van der Waals surface area contributed by atoms with Gasteiger partial charge < -0.3 is 25.7 Å². The SMILES string of the molecule is COc1cccc2[nH]c(C(=O)N[C@@H](CC(C)C)C(=O)N[C@@H](C#N)CC3CC(=O)Nc4ccccc43)cc12. The molecule has 4 rings (SSSR count). The second kappa shape index (κ2) is 11.2. The van der Waals surface area contributed by atoms with Gasteiger partial charge in [-0.25, -0.2) is 0 Å². The molecule has 1 aliphatic rings. The fraction of sp³-hybridized carbons (Fsp3) is 0.357. The number of carbonyl (C=O) groups excluding carboxylic acids is 3. The normalized spacial score (nSPS) is 16.3. The van der Waals surface area contributed by atoms with Gasteiger partial charge >= 0.3 is 0 Å². The second-order valence-corrected chi connectivity index (χ2v) is 9.72. The van der Waals surface area contributed by atoms with Crippen LogP contribution in [0.5, 0.6) is 5.75 Å². The molecule has 0 aliphatic carbocycles. The molecule has 0 fully saturated rings. The van der Waals surface area contributed by atoms with Crippen LogP contribution in [0.4, 0.5) is 5.69 Å². The fourth-order valence-corrected chi connectivity index (χ4v) is 4.78. The first kappa shape index (κ1) is 25.8. The summed E-state index contributed by atoms with van der Waals surface area (Å²) in [6.45, 7) is 3.92. The first-order valence-corrected chi connectivity index (χ1v) is 12.3. The van der Waals surface area contributed by atoms with Gasteiger partial charge in [-0.1, -0.05) is 38.1 Å². The number of rotatable bonds is 9. The number of hydrogen-bond donors (Lipinski definition) is 4. The van der Waals surface area contributed by atoms with Crippen LogP contribution >= 0.6 is 0 Å². The Hall–Kier alpha value is -4.32. The third-order valence-electron chi connectivity index (χ3n) is 6.52. The van der Waals surface area contributed by atoms with Crippen LogP contribution in [-0.2, 0) is 9.59 Å². The minimum Gasteiger partial charge on any atom is -0.496 e. The van der Waals surface area contributed by atoms with Crippen molar-refractivity contribution in [2.75, 3.05) is 12.4 Å². The number of amides is 3. The van der Waals surface area contributed by atoms with Crippen LogP contribution in [-0.4, -0.2) is 41.9 Å². The number of nitrogens with zero attached hydrogens (tertiary/aromatic N) is 1. The van der Waals surface area contributed by atoms with Crippen molar-refractivity contribution in [2.45, 2.75) is 51.1 Å². The fourth-order valence-electron chi connectivity index (χ4n) is 4.78. The van der Waals surface area contributed by atoms with Crippen molar-refractivity contribution >= 4 is 34.3 Å². The number of aromatic amines is 1. The molecule has 9 nitrogen and oxygen atoms in total. The number of nitriles is 1. The zero-order valence-electron chi connectivity index (χ0n) is 21.1. The number of ether oxygens (including phenoxy) is 1. The molecule has 4 N–H and O–H groups in total. The summed E-state index contributed by atoms with van der Waals surface area (Å²) in [5.74, 6) is -0.422. The Labute approximate surface area is 215 Å². The predicted molar refractivity (Wildman–Crippen MR) is 140 cm³/mol. The molecule has 0 spiro atoms. The average Bonchev–Trinajstić information content (AvgIpc) is 3.32. The van der Waals surface area contributed by atoms with Crippen molar-refractivity contribution in [3.8, 4) is 11.8 Å². The summed E-state index contributed by atoms with van der Waals surface area (Å²) in [7, 11) is 1.56. The number of aromatic nitrogens is 1. The standard InChI is InChI=1S/C28H31N5O4/c1-16(2)11-23(33-28(36)24-14-20-22(31-24)9-6-10-25(20)37-3)27(35)30-18(15-29)12-17-13-26(34)32-21-8-5-4-7-19(17)21/h4-10,14,16-18,23,31H,11-13H2,1-3H3,(H,30,35)(H,32,34)(H,33,36)/t17?,18-,23+/m1/s1. The van der Waals surface area contributed by atoms with Crippen molar-refractivity contribution in [3.63, 3.8) is 0 Å². The molecule has 0 radical (unpaired) electrons. The summed E-state index contributed by atoms with van der Waals surface area (Å²) in [5, 5.41) is 19.0. The van der Waals surface area contributed by atoms with Crippen LogP contribution in [0.3, 0.4) is 0 Å². The summed E-state index contributed by atoms with van der Waals surface area (Å²) < 4.78 is 5.37. The number of anilines is 1. The van der Waals surface area contributed by atoms with Crippen LogP contribution in [0.2, 0.25) is 0 Å². The lowest BCUT2D eigenvalue weighted by Crippen LogP contribution is -2.50. The van der Waals surface area contributed by atoms with Gasteiger partial charge in [-0.05, 0) is 54.5 Å². The van der Waals surface area contributed by atoms with E-state index >= 15 is 0 Å². The Kier molecular flexibility index (Phi) is 7.77. The van der Waals surface area contributed by atoms with Crippen molar-refractivity contribution < 1.29 is 19.1 Å². The van der Waals surface area contributed by atoms with Crippen molar-refractivity contribution in [1.82, 2.24) is 15.6 Å². The quantitative estimate of drug-likeness (QED) is 0.353. The van der Waals surface area contributed by atoms with Gasteiger partial charge in [0, 0.05) is 23.0 Å². The number of fused-ring (bicyclic) bond motifs is 2. The maximum absolute atomic E-state index is 13.3. The Morgan fingerprint density at radius 2 is 1.95 bits per heavy atom. The molecule has 0 bridgehead atoms. The highest BCUT2D eigenvalue weighted by atomic mass is 16.5. The largest absolute Gasteiger partial charge is 0.496 e. The molecule has 3 aromatic rings. The van der Waals surface area contributed by atoms with Gasteiger partial charge in [0.1, 0.15) is 23.5 Å². The minimum atomic E-state index is -0.835. The van der Waals surface area contributed by atoms with Gasteiger partial charge in [0.25, 0.3) is 5.91 Å². The van der Waals surface area contributed by atoms with Gasteiger partial charge in [0.15, 0.2) is 0 Å². The molecule has 1 aliphatic heterocycles. The van der Waals surface area contributed by atoms with E-state index in [1.54, 1.807) is 13.2 Å². The Morgan fingerprint density at radius 3 is 2.68 bits per heavy atom. The molecular formula is C28H31N5O4. The molecular weight excluding hydrogens is 470 g/mol. The van der Waals surface area contributed by atoms with Crippen LogP contribution in [0.25, 0.3) is 10.9 Å². The van der Waals surface area contributed by atoms with Gasteiger partial charge in [-0.3, -0.25) is 14.4 Å². The van der Waals surface area contributed by atoms with E-state index in [0.29, 0.717) is 17.9 Å². The van der Waals surface area contributed by atoms with Crippen LogP contribution in [0.1, 0.15) is 55.1 Å². The van der Waals surface area contributed by atoms with E-state index in [9.17, 15) is 19.6 Å². The predicted octanol–water partition coefficient (Wildman–Crippen LogP) is 3.85. The van der Waals surface area contributed by atoms with E-state index in [1.165, 1.54) is 0 Å². The zero-order chi connectivity index (χ0) is 26.5. The Bertz CT molecular complexity index is 1360. The van der Waals surface area contributed by atoms with E-state index in [2.05, 4.69) is 27.0 Å². The lowest BCUT2D eigenvalue weighted by atomic mass is 9.85. The summed E-state index contributed by atoms with van der Waals surface area (Å²) in [6.07, 6.45) is 0.922. The van der Waals surface area contributed by atoms with Crippen molar-refractivity contribution in [3.05, 3.63) is 59.8 Å². The van der Waals surface area contributed by atoms with E-state index in [-0.39, 0.29) is 30.6 Å². The maximum atomic E-state index is 13.3. The number of methoxy groups -OCH3 is 1. The molecule has 3 atom stereocenters. The van der Waals surface area contributed by atoms with Crippen LogP contribution < -0.4 is 20.7 Å². The number of nitrogens with one attached hydrogen (secondary N) is 4. The smallest absolute Gasteiger partial charge is 0.268 e. The number of para-hydroxylation sites is 1. The molecule has 37 heavy (non-hydrogen) atoms. The number of H-pyrrole nitrogens is 1. The number of carbonyl (C=O) groups is 3. The molecule has 192 valence electrons. The molecule has 9 heteroatoms. The highest BCUT2D eigenvalue weighted by Gasteiger charge is 2.30. The van der Waals surface area contributed by atoms with Gasteiger partial charge in [0.2, 0.25) is 11.8 Å². The topological polar surface area (TPSA) is 136 Å². The molecule has 2 heterocycles. The number of benzene rings is 2. The van der Waals surface area contributed by atoms with E-state index in [1.807, 2.05) is 56.3 Å².